The van der Waals surface area contributed by atoms with Crippen molar-refractivity contribution in [2.75, 3.05) is 26.2 Å². The van der Waals surface area contributed by atoms with Gasteiger partial charge in [0.25, 0.3) is 0 Å². The second-order valence-corrected chi connectivity index (χ2v) is 4.54. The molecule has 0 aromatic rings. The molecule has 0 aliphatic heterocycles. The molecule has 0 heterocycles. The van der Waals surface area contributed by atoms with Crippen LogP contribution >= 0.6 is 0 Å². The van der Waals surface area contributed by atoms with E-state index in [1.807, 2.05) is 0 Å². The van der Waals surface area contributed by atoms with E-state index in [4.69, 9.17) is 5.73 Å². The predicted octanol–water partition coefficient (Wildman–Crippen LogP) is 2.24. The van der Waals surface area contributed by atoms with E-state index in [1.165, 1.54) is 45.1 Å². The van der Waals surface area contributed by atoms with Crippen molar-refractivity contribution in [3.05, 3.63) is 0 Å². The normalized spacial score (nSPS) is 19.9. The van der Waals surface area contributed by atoms with Crippen LogP contribution in [-0.4, -0.2) is 31.1 Å². The van der Waals surface area contributed by atoms with Gasteiger partial charge in [-0.1, -0.05) is 32.6 Å². The van der Waals surface area contributed by atoms with Crippen LogP contribution in [0.3, 0.4) is 0 Å². The van der Waals surface area contributed by atoms with Crippen LogP contribution in [0.1, 0.15) is 45.4 Å². The topological polar surface area (TPSA) is 29.3 Å². The lowest BCUT2D eigenvalue weighted by Gasteiger charge is -2.25. The summed E-state index contributed by atoms with van der Waals surface area (Å²) in [7, 11) is 0. The van der Waals surface area contributed by atoms with Gasteiger partial charge in [-0.3, -0.25) is 0 Å². The molecule has 0 spiro atoms. The minimum absolute atomic E-state index is 0.806. The number of nitrogens with two attached hydrogens (primary N) is 1. The molecular weight excluding hydrogens is 172 g/mol. The Morgan fingerprint density at radius 2 is 1.79 bits per heavy atom. The third kappa shape index (κ3) is 4.43. The third-order valence-corrected chi connectivity index (χ3v) is 3.38. The average Bonchev–Trinajstić information content (AvgIpc) is 2.45. The summed E-state index contributed by atoms with van der Waals surface area (Å²) in [6, 6.07) is 0. The molecule has 0 bridgehead atoms. The predicted molar refractivity (Wildman–Crippen MR) is 62.4 cm³/mol. The SMILES string of the molecule is CCN(CCN)CC1CCCCCC1. The van der Waals surface area contributed by atoms with E-state index in [9.17, 15) is 0 Å². The monoisotopic (exact) mass is 198 g/mol. The zero-order valence-corrected chi connectivity index (χ0v) is 9.67. The van der Waals surface area contributed by atoms with E-state index >= 15 is 0 Å². The van der Waals surface area contributed by atoms with E-state index in [0.29, 0.717) is 0 Å². The highest BCUT2D eigenvalue weighted by Gasteiger charge is 2.14. The van der Waals surface area contributed by atoms with Gasteiger partial charge in [0.2, 0.25) is 0 Å². The third-order valence-electron chi connectivity index (χ3n) is 3.38. The molecule has 1 saturated carbocycles. The van der Waals surface area contributed by atoms with Crippen molar-refractivity contribution in [1.82, 2.24) is 4.90 Å². The Hall–Kier alpha value is -0.0800. The molecule has 0 aromatic heterocycles. The van der Waals surface area contributed by atoms with E-state index in [-0.39, 0.29) is 0 Å². The Morgan fingerprint density at radius 3 is 2.29 bits per heavy atom. The van der Waals surface area contributed by atoms with Gasteiger partial charge < -0.3 is 10.6 Å². The number of hydrogen-bond acceptors (Lipinski definition) is 2. The average molecular weight is 198 g/mol. The second-order valence-electron chi connectivity index (χ2n) is 4.54. The molecule has 0 aromatic carbocycles. The second kappa shape index (κ2) is 7.24. The van der Waals surface area contributed by atoms with Gasteiger partial charge in [-0.15, -0.1) is 0 Å². The molecule has 2 heteroatoms. The van der Waals surface area contributed by atoms with Crippen molar-refractivity contribution in [3.8, 4) is 0 Å². The molecule has 0 radical (unpaired) electrons. The van der Waals surface area contributed by atoms with Gasteiger partial charge in [0.05, 0.1) is 0 Å². The van der Waals surface area contributed by atoms with Crippen molar-refractivity contribution in [3.63, 3.8) is 0 Å². The molecule has 0 amide bonds. The van der Waals surface area contributed by atoms with Crippen LogP contribution in [0.5, 0.6) is 0 Å². The molecule has 0 unspecified atom stereocenters. The summed E-state index contributed by atoms with van der Waals surface area (Å²) in [5.74, 6) is 0.948. The summed E-state index contributed by atoms with van der Waals surface area (Å²) in [6.07, 6.45) is 8.71. The number of likely N-dealkylation sites (N-methyl/N-ethyl adjacent to an activating group) is 1. The maximum atomic E-state index is 5.60. The first-order valence-electron chi connectivity index (χ1n) is 6.29. The van der Waals surface area contributed by atoms with Gasteiger partial charge in [-0.05, 0) is 25.3 Å². The highest BCUT2D eigenvalue weighted by Crippen LogP contribution is 2.23. The molecule has 2 nitrogen and oxygen atoms in total. The zero-order chi connectivity index (χ0) is 10.2. The van der Waals surface area contributed by atoms with Crippen LogP contribution in [0.25, 0.3) is 0 Å². The summed E-state index contributed by atoms with van der Waals surface area (Å²) < 4.78 is 0. The summed E-state index contributed by atoms with van der Waals surface area (Å²) in [5, 5.41) is 0. The Morgan fingerprint density at radius 1 is 1.14 bits per heavy atom. The number of nitrogens with zero attached hydrogens (tertiary/aromatic N) is 1. The molecule has 2 N–H and O–H groups in total. The van der Waals surface area contributed by atoms with Gasteiger partial charge in [-0.25, -0.2) is 0 Å². The van der Waals surface area contributed by atoms with Crippen molar-refractivity contribution in [1.29, 1.82) is 0 Å². The fraction of sp³-hybridized carbons (Fsp3) is 1.00. The Kier molecular flexibility index (Phi) is 6.20. The van der Waals surface area contributed by atoms with Crippen LogP contribution in [0, 0.1) is 5.92 Å². The van der Waals surface area contributed by atoms with Crippen LogP contribution in [0.4, 0.5) is 0 Å². The van der Waals surface area contributed by atoms with Crippen molar-refractivity contribution in [2.45, 2.75) is 45.4 Å². The highest BCUT2D eigenvalue weighted by molar-refractivity contribution is 4.69. The number of rotatable bonds is 5. The summed E-state index contributed by atoms with van der Waals surface area (Å²) in [5.41, 5.74) is 5.60. The van der Waals surface area contributed by atoms with E-state index in [2.05, 4.69) is 11.8 Å². The van der Waals surface area contributed by atoms with Gasteiger partial charge in [0.15, 0.2) is 0 Å². The Labute approximate surface area is 88.8 Å². The van der Waals surface area contributed by atoms with Crippen LogP contribution in [0.2, 0.25) is 0 Å². The first-order chi connectivity index (χ1) is 6.86. The van der Waals surface area contributed by atoms with Gasteiger partial charge >= 0.3 is 0 Å². The van der Waals surface area contributed by atoms with Crippen LogP contribution in [-0.2, 0) is 0 Å². The molecule has 84 valence electrons. The molecule has 1 aliphatic rings. The molecule has 1 aliphatic carbocycles. The standard InChI is InChI=1S/C12H26N2/c1-2-14(10-9-13)11-12-7-5-3-4-6-8-12/h12H,2-11,13H2,1H3. The van der Waals surface area contributed by atoms with Crippen LogP contribution in [0.15, 0.2) is 0 Å². The minimum Gasteiger partial charge on any atom is -0.329 e. The molecule has 0 atom stereocenters. The van der Waals surface area contributed by atoms with E-state index < -0.39 is 0 Å². The maximum Gasteiger partial charge on any atom is 0.0105 e. The van der Waals surface area contributed by atoms with Gasteiger partial charge in [0.1, 0.15) is 0 Å². The Balaban J connectivity index is 2.24. The van der Waals surface area contributed by atoms with Crippen LogP contribution < -0.4 is 5.73 Å². The largest absolute Gasteiger partial charge is 0.329 e. The quantitative estimate of drug-likeness (QED) is 0.686. The highest BCUT2D eigenvalue weighted by atomic mass is 15.1. The van der Waals surface area contributed by atoms with Gasteiger partial charge in [0, 0.05) is 19.6 Å². The summed E-state index contributed by atoms with van der Waals surface area (Å²) in [4.78, 5) is 2.51. The van der Waals surface area contributed by atoms with Crippen molar-refractivity contribution in [2.24, 2.45) is 11.7 Å². The minimum atomic E-state index is 0.806. The molecule has 0 saturated heterocycles. The van der Waals surface area contributed by atoms with Gasteiger partial charge in [-0.2, -0.15) is 0 Å². The summed E-state index contributed by atoms with van der Waals surface area (Å²) in [6.45, 7) is 6.57. The molecular formula is C12H26N2. The number of hydrogen-bond donors (Lipinski definition) is 1. The lowest BCUT2D eigenvalue weighted by molar-refractivity contribution is 0.234. The first kappa shape index (κ1) is 12.0. The lowest BCUT2D eigenvalue weighted by atomic mass is 10.00. The zero-order valence-electron chi connectivity index (χ0n) is 9.67. The first-order valence-corrected chi connectivity index (χ1v) is 6.29. The van der Waals surface area contributed by atoms with Crippen molar-refractivity contribution >= 4 is 0 Å². The fourth-order valence-electron chi connectivity index (χ4n) is 2.47. The molecule has 1 rings (SSSR count). The van der Waals surface area contributed by atoms with E-state index in [0.717, 1.165) is 25.6 Å². The smallest absolute Gasteiger partial charge is 0.0105 e. The maximum absolute atomic E-state index is 5.60. The molecule has 1 fully saturated rings. The molecule has 14 heavy (non-hydrogen) atoms. The van der Waals surface area contributed by atoms with E-state index in [1.54, 1.807) is 0 Å². The fourth-order valence-corrected chi connectivity index (χ4v) is 2.47. The Bertz CT molecular complexity index is 128. The lowest BCUT2D eigenvalue weighted by Crippen LogP contribution is -2.33. The van der Waals surface area contributed by atoms with Crippen molar-refractivity contribution < 1.29 is 0 Å². The summed E-state index contributed by atoms with van der Waals surface area (Å²) >= 11 is 0.